The zero-order valence-electron chi connectivity index (χ0n) is 15.7. The molecule has 8 nitrogen and oxygen atoms in total. The summed E-state index contributed by atoms with van der Waals surface area (Å²) in [5, 5.41) is 23.3. The number of benzene rings is 1. The molecule has 0 heterocycles. The molecular weight excluding hydrogens is 342 g/mol. The predicted octanol–water partition coefficient (Wildman–Crippen LogP) is 1.83. The van der Waals surface area contributed by atoms with Gasteiger partial charge >= 0.3 is 6.09 Å². The number of hydrogen-bond donors (Lipinski definition) is 3. The first-order valence-electron chi connectivity index (χ1n) is 8.17. The molecule has 26 heavy (non-hydrogen) atoms. The SMILES string of the molecule is COc1cc(C=O)cc(OC)c1C(O)C(O)CCNC(=O)OC(C)(C)C. The fraction of sp³-hybridized carbons (Fsp3) is 0.556. The van der Waals surface area contributed by atoms with Crippen molar-refractivity contribution in [2.75, 3.05) is 20.8 Å². The molecule has 0 aliphatic rings. The van der Waals surface area contributed by atoms with Crippen molar-refractivity contribution in [3.8, 4) is 11.5 Å². The Labute approximate surface area is 153 Å². The number of aliphatic hydroxyl groups excluding tert-OH is 2. The van der Waals surface area contributed by atoms with Crippen LogP contribution in [0.25, 0.3) is 0 Å². The molecule has 0 saturated heterocycles. The highest BCUT2D eigenvalue weighted by atomic mass is 16.6. The van der Waals surface area contributed by atoms with Gasteiger partial charge in [0.15, 0.2) is 0 Å². The highest BCUT2D eigenvalue weighted by Crippen LogP contribution is 2.37. The Hall–Kier alpha value is -2.32. The van der Waals surface area contributed by atoms with Crippen molar-refractivity contribution in [2.45, 2.75) is 45.0 Å². The number of carbonyl (C=O) groups excluding carboxylic acids is 2. The van der Waals surface area contributed by atoms with Crippen molar-refractivity contribution in [2.24, 2.45) is 0 Å². The Morgan fingerprint density at radius 3 is 2.15 bits per heavy atom. The van der Waals surface area contributed by atoms with E-state index in [4.69, 9.17) is 14.2 Å². The molecule has 0 aliphatic carbocycles. The van der Waals surface area contributed by atoms with Crippen molar-refractivity contribution >= 4 is 12.4 Å². The van der Waals surface area contributed by atoms with Gasteiger partial charge in [-0.15, -0.1) is 0 Å². The van der Waals surface area contributed by atoms with Crippen LogP contribution in [0.5, 0.6) is 11.5 Å². The normalized spacial score (nSPS) is 13.5. The summed E-state index contributed by atoms with van der Waals surface area (Å²) in [5.74, 6) is 0.441. The molecule has 146 valence electrons. The molecule has 2 atom stereocenters. The fourth-order valence-corrected chi connectivity index (χ4v) is 2.31. The summed E-state index contributed by atoms with van der Waals surface area (Å²) < 4.78 is 15.5. The molecule has 0 saturated carbocycles. The summed E-state index contributed by atoms with van der Waals surface area (Å²) in [4.78, 5) is 22.6. The van der Waals surface area contributed by atoms with E-state index in [1.165, 1.54) is 26.4 Å². The number of nitrogens with one attached hydrogen (secondary N) is 1. The van der Waals surface area contributed by atoms with Crippen molar-refractivity contribution in [3.63, 3.8) is 0 Å². The lowest BCUT2D eigenvalue weighted by atomic mass is 9.98. The molecule has 8 heteroatoms. The Bertz CT molecular complexity index is 599. The smallest absolute Gasteiger partial charge is 0.407 e. The number of alkyl carbamates (subject to hydrolysis) is 1. The number of aldehydes is 1. The van der Waals surface area contributed by atoms with Crippen LogP contribution in [-0.2, 0) is 4.74 Å². The van der Waals surface area contributed by atoms with Crippen LogP contribution in [0.2, 0.25) is 0 Å². The molecule has 1 aromatic carbocycles. The number of carbonyl (C=O) groups is 2. The number of aliphatic hydroxyl groups is 2. The molecule has 3 N–H and O–H groups in total. The van der Waals surface area contributed by atoms with Gasteiger partial charge in [0.05, 0.1) is 25.9 Å². The van der Waals surface area contributed by atoms with Crippen molar-refractivity contribution in [1.82, 2.24) is 5.32 Å². The monoisotopic (exact) mass is 369 g/mol. The Kier molecular flexibility index (Phi) is 7.85. The lowest BCUT2D eigenvalue weighted by Gasteiger charge is -2.23. The Balaban J connectivity index is 2.80. The lowest BCUT2D eigenvalue weighted by molar-refractivity contribution is 0.00974. The minimum absolute atomic E-state index is 0.0716. The quantitative estimate of drug-likeness (QED) is 0.599. The van der Waals surface area contributed by atoms with Gasteiger partial charge in [0.25, 0.3) is 0 Å². The molecule has 0 fully saturated rings. The molecule has 0 bridgehead atoms. The summed E-state index contributed by atoms with van der Waals surface area (Å²) in [5.41, 5.74) is -0.0791. The average Bonchev–Trinajstić information content (AvgIpc) is 2.57. The second-order valence-electron chi connectivity index (χ2n) is 6.69. The highest BCUT2D eigenvalue weighted by Gasteiger charge is 2.26. The minimum atomic E-state index is -1.33. The van der Waals surface area contributed by atoms with Gasteiger partial charge in [0.2, 0.25) is 0 Å². The van der Waals surface area contributed by atoms with E-state index in [1.54, 1.807) is 20.8 Å². The van der Waals surface area contributed by atoms with E-state index in [1.807, 2.05) is 0 Å². The van der Waals surface area contributed by atoms with Gasteiger partial charge in [-0.2, -0.15) is 0 Å². The van der Waals surface area contributed by atoms with Crippen LogP contribution in [0, 0.1) is 0 Å². The maximum atomic E-state index is 11.6. The summed E-state index contributed by atoms with van der Waals surface area (Å²) in [6.07, 6.45) is -2.44. The van der Waals surface area contributed by atoms with E-state index in [0.29, 0.717) is 11.8 Å². The summed E-state index contributed by atoms with van der Waals surface area (Å²) in [6.45, 7) is 5.33. The third kappa shape index (κ3) is 6.20. The largest absolute Gasteiger partial charge is 0.496 e. The molecule has 2 unspecified atom stereocenters. The third-order valence-electron chi connectivity index (χ3n) is 3.47. The first kappa shape index (κ1) is 21.7. The molecule has 0 aromatic heterocycles. The number of ether oxygens (including phenoxy) is 3. The van der Waals surface area contributed by atoms with Crippen LogP contribution in [0.1, 0.15) is 49.2 Å². The summed E-state index contributed by atoms with van der Waals surface area (Å²) in [7, 11) is 2.77. The Morgan fingerprint density at radius 1 is 1.19 bits per heavy atom. The molecule has 1 aromatic rings. The molecule has 0 radical (unpaired) electrons. The molecule has 1 amide bonds. The van der Waals surface area contributed by atoms with Crippen LogP contribution in [-0.4, -0.2) is 55.1 Å². The van der Waals surface area contributed by atoms with Crippen LogP contribution >= 0.6 is 0 Å². The number of rotatable bonds is 8. The van der Waals surface area contributed by atoms with E-state index >= 15 is 0 Å². The van der Waals surface area contributed by atoms with Gasteiger partial charge in [-0.25, -0.2) is 4.79 Å². The maximum absolute atomic E-state index is 11.6. The zero-order chi connectivity index (χ0) is 19.9. The molecule has 0 spiro atoms. The zero-order valence-corrected chi connectivity index (χ0v) is 15.7. The van der Waals surface area contributed by atoms with Gasteiger partial charge in [-0.1, -0.05) is 0 Å². The molecule has 0 aliphatic heterocycles. The highest BCUT2D eigenvalue weighted by molar-refractivity contribution is 5.77. The van der Waals surface area contributed by atoms with E-state index in [9.17, 15) is 19.8 Å². The minimum Gasteiger partial charge on any atom is -0.496 e. The maximum Gasteiger partial charge on any atom is 0.407 e. The van der Waals surface area contributed by atoms with Crippen LogP contribution in [0.15, 0.2) is 12.1 Å². The van der Waals surface area contributed by atoms with Gasteiger partial charge in [0, 0.05) is 12.1 Å². The van der Waals surface area contributed by atoms with Crippen molar-refractivity contribution in [3.05, 3.63) is 23.3 Å². The molecular formula is C18H27NO7. The van der Waals surface area contributed by atoms with E-state index in [2.05, 4.69) is 5.32 Å². The number of amides is 1. The van der Waals surface area contributed by atoms with Crippen molar-refractivity contribution in [1.29, 1.82) is 0 Å². The van der Waals surface area contributed by atoms with Crippen molar-refractivity contribution < 1.29 is 34.0 Å². The third-order valence-corrected chi connectivity index (χ3v) is 3.47. The Morgan fingerprint density at radius 2 is 1.73 bits per heavy atom. The van der Waals surface area contributed by atoms with Crippen LogP contribution in [0.4, 0.5) is 4.79 Å². The predicted molar refractivity (Wildman–Crippen MR) is 94.8 cm³/mol. The second-order valence-corrected chi connectivity index (χ2v) is 6.69. The number of hydrogen-bond acceptors (Lipinski definition) is 7. The van der Waals surface area contributed by atoms with Gasteiger partial charge in [-0.3, -0.25) is 4.79 Å². The topological polar surface area (TPSA) is 114 Å². The first-order chi connectivity index (χ1) is 12.1. The summed E-state index contributed by atoms with van der Waals surface area (Å²) >= 11 is 0. The van der Waals surface area contributed by atoms with E-state index in [0.717, 1.165) is 0 Å². The first-order valence-corrected chi connectivity index (χ1v) is 8.17. The van der Waals surface area contributed by atoms with E-state index in [-0.39, 0.29) is 30.0 Å². The van der Waals surface area contributed by atoms with Gasteiger partial charge in [0.1, 0.15) is 29.5 Å². The summed E-state index contributed by atoms with van der Waals surface area (Å²) in [6, 6.07) is 2.89. The van der Waals surface area contributed by atoms with E-state index < -0.39 is 23.9 Å². The van der Waals surface area contributed by atoms with Crippen LogP contribution < -0.4 is 14.8 Å². The lowest BCUT2D eigenvalue weighted by Crippen LogP contribution is -2.34. The van der Waals surface area contributed by atoms with Crippen LogP contribution in [0.3, 0.4) is 0 Å². The standard InChI is InChI=1S/C18H27NO7/c1-18(2,3)26-17(23)19-7-6-12(21)16(22)15-13(24-4)8-11(10-20)9-14(15)25-5/h8-10,12,16,21-22H,6-7H2,1-5H3,(H,19,23). The average molecular weight is 369 g/mol. The second kappa shape index (κ2) is 9.40. The van der Waals surface area contributed by atoms with Gasteiger partial charge in [-0.05, 0) is 39.3 Å². The van der Waals surface area contributed by atoms with Gasteiger partial charge < -0.3 is 29.7 Å². The number of methoxy groups -OCH3 is 2. The fourth-order valence-electron chi connectivity index (χ4n) is 2.31. The molecule has 1 rings (SSSR count).